The molecule has 0 atom stereocenters. The number of aryl methyl sites for hydroxylation is 1. The van der Waals surface area contributed by atoms with Gasteiger partial charge >= 0.3 is 5.69 Å². The number of nitro groups is 1. The van der Waals surface area contributed by atoms with E-state index in [1.807, 2.05) is 25.1 Å². The average molecular weight is 322 g/mol. The van der Waals surface area contributed by atoms with Crippen LogP contribution in [0.15, 0.2) is 40.9 Å². The van der Waals surface area contributed by atoms with Crippen LogP contribution in [0, 0.1) is 17.0 Å². The fourth-order valence-electron chi connectivity index (χ4n) is 1.69. The van der Waals surface area contributed by atoms with Crippen molar-refractivity contribution in [2.75, 3.05) is 11.1 Å². The first kappa shape index (κ1) is 13.4. The lowest BCUT2D eigenvalue weighted by Gasteiger charge is -2.09. The Balaban J connectivity index is 2.40. The highest BCUT2D eigenvalue weighted by molar-refractivity contribution is 9.10. The van der Waals surface area contributed by atoms with Gasteiger partial charge in [-0.05, 0) is 36.8 Å². The van der Waals surface area contributed by atoms with Crippen molar-refractivity contribution in [2.24, 2.45) is 0 Å². The summed E-state index contributed by atoms with van der Waals surface area (Å²) in [6.07, 6.45) is 0. The number of nitrogen functional groups attached to an aromatic ring is 1. The molecule has 0 spiro atoms. The van der Waals surface area contributed by atoms with Gasteiger partial charge in [-0.1, -0.05) is 28.1 Å². The van der Waals surface area contributed by atoms with Crippen LogP contribution in [0.4, 0.5) is 22.7 Å². The largest absolute Gasteiger partial charge is 0.393 e. The standard InChI is InChI=1S/C13H12BrN3O2/c1-8-5-6-9(7-10(8)14)16-12-4-2-3-11(15)13(12)17(18)19/h2-7,16H,15H2,1H3. The molecule has 0 saturated carbocycles. The van der Waals surface area contributed by atoms with Crippen molar-refractivity contribution in [3.63, 3.8) is 0 Å². The Hall–Kier alpha value is -2.08. The van der Waals surface area contributed by atoms with E-state index < -0.39 is 4.92 Å². The molecule has 5 nitrogen and oxygen atoms in total. The van der Waals surface area contributed by atoms with Crippen LogP contribution in [0.5, 0.6) is 0 Å². The van der Waals surface area contributed by atoms with E-state index in [1.165, 1.54) is 6.07 Å². The Morgan fingerprint density at radius 1 is 1.32 bits per heavy atom. The molecule has 0 heterocycles. The van der Waals surface area contributed by atoms with Crippen molar-refractivity contribution in [1.82, 2.24) is 0 Å². The van der Waals surface area contributed by atoms with Gasteiger partial charge in [0.15, 0.2) is 0 Å². The summed E-state index contributed by atoms with van der Waals surface area (Å²) in [7, 11) is 0. The molecular formula is C13H12BrN3O2. The third-order valence-electron chi connectivity index (χ3n) is 2.70. The molecule has 0 unspecified atom stereocenters. The molecule has 0 bridgehead atoms. The third kappa shape index (κ3) is 2.85. The highest BCUT2D eigenvalue weighted by Gasteiger charge is 2.17. The van der Waals surface area contributed by atoms with Crippen LogP contribution in [-0.2, 0) is 0 Å². The lowest BCUT2D eigenvalue weighted by Crippen LogP contribution is -2.01. The molecule has 0 amide bonds. The zero-order valence-corrected chi connectivity index (χ0v) is 11.8. The van der Waals surface area contributed by atoms with Crippen LogP contribution < -0.4 is 11.1 Å². The molecule has 2 rings (SSSR count). The van der Waals surface area contributed by atoms with E-state index in [4.69, 9.17) is 5.73 Å². The van der Waals surface area contributed by atoms with Gasteiger partial charge in [-0.25, -0.2) is 0 Å². The molecule has 2 aromatic carbocycles. The minimum atomic E-state index is -0.485. The fourth-order valence-corrected chi connectivity index (χ4v) is 2.07. The summed E-state index contributed by atoms with van der Waals surface area (Å²) in [4.78, 5) is 10.5. The number of nitro benzene ring substituents is 1. The van der Waals surface area contributed by atoms with Crippen LogP contribution in [0.1, 0.15) is 5.56 Å². The summed E-state index contributed by atoms with van der Waals surface area (Å²) in [5.74, 6) is 0. The molecule has 0 fully saturated rings. The smallest absolute Gasteiger partial charge is 0.315 e. The van der Waals surface area contributed by atoms with Gasteiger partial charge in [0.1, 0.15) is 11.4 Å². The minimum absolute atomic E-state index is 0.112. The van der Waals surface area contributed by atoms with Crippen LogP contribution in [-0.4, -0.2) is 4.92 Å². The summed E-state index contributed by atoms with van der Waals surface area (Å²) in [6, 6.07) is 10.4. The van der Waals surface area contributed by atoms with Crippen molar-refractivity contribution in [3.8, 4) is 0 Å². The summed E-state index contributed by atoms with van der Waals surface area (Å²) in [5.41, 5.74) is 7.89. The molecule has 19 heavy (non-hydrogen) atoms. The van der Waals surface area contributed by atoms with Crippen LogP contribution in [0.2, 0.25) is 0 Å². The lowest BCUT2D eigenvalue weighted by atomic mass is 10.2. The van der Waals surface area contributed by atoms with E-state index >= 15 is 0 Å². The molecule has 3 N–H and O–H groups in total. The number of nitrogens with two attached hydrogens (primary N) is 1. The molecule has 0 saturated heterocycles. The second-order valence-electron chi connectivity index (χ2n) is 4.09. The van der Waals surface area contributed by atoms with Crippen molar-refractivity contribution in [3.05, 3.63) is 56.5 Å². The Labute approximate surface area is 118 Å². The zero-order valence-electron chi connectivity index (χ0n) is 10.2. The van der Waals surface area contributed by atoms with Gasteiger partial charge in [-0.3, -0.25) is 10.1 Å². The molecule has 2 aromatic rings. The number of anilines is 3. The SMILES string of the molecule is Cc1ccc(Nc2cccc(N)c2[N+](=O)[O-])cc1Br. The first-order chi connectivity index (χ1) is 8.99. The van der Waals surface area contributed by atoms with E-state index in [-0.39, 0.29) is 11.4 Å². The topological polar surface area (TPSA) is 81.2 Å². The van der Waals surface area contributed by atoms with Gasteiger partial charge in [-0.2, -0.15) is 0 Å². The molecular weight excluding hydrogens is 310 g/mol. The fraction of sp³-hybridized carbons (Fsp3) is 0.0769. The van der Waals surface area contributed by atoms with E-state index in [1.54, 1.807) is 12.1 Å². The van der Waals surface area contributed by atoms with Gasteiger partial charge in [0.05, 0.1) is 4.92 Å². The van der Waals surface area contributed by atoms with Crippen LogP contribution >= 0.6 is 15.9 Å². The Bertz CT molecular complexity index is 644. The number of hydrogen-bond acceptors (Lipinski definition) is 4. The lowest BCUT2D eigenvalue weighted by molar-refractivity contribution is -0.383. The summed E-state index contributed by atoms with van der Waals surface area (Å²) in [5, 5.41) is 14.0. The normalized spacial score (nSPS) is 10.2. The quantitative estimate of drug-likeness (QED) is 0.508. The predicted octanol–water partition coefficient (Wildman–Crippen LogP) is 3.99. The number of rotatable bonds is 3. The third-order valence-corrected chi connectivity index (χ3v) is 3.55. The average Bonchev–Trinajstić information content (AvgIpc) is 2.33. The summed E-state index contributed by atoms with van der Waals surface area (Å²) < 4.78 is 0.934. The van der Waals surface area contributed by atoms with Gasteiger partial charge < -0.3 is 11.1 Å². The Kier molecular flexibility index (Phi) is 3.71. The van der Waals surface area contributed by atoms with Crippen molar-refractivity contribution >= 4 is 38.7 Å². The second-order valence-corrected chi connectivity index (χ2v) is 4.94. The van der Waals surface area contributed by atoms with Crippen LogP contribution in [0.25, 0.3) is 0 Å². The van der Waals surface area contributed by atoms with E-state index in [2.05, 4.69) is 21.2 Å². The monoisotopic (exact) mass is 321 g/mol. The number of halogens is 1. The maximum Gasteiger partial charge on any atom is 0.315 e. The summed E-state index contributed by atoms with van der Waals surface area (Å²) >= 11 is 3.42. The molecule has 0 aromatic heterocycles. The maximum absolute atomic E-state index is 11.0. The maximum atomic E-state index is 11.0. The first-order valence-electron chi connectivity index (χ1n) is 5.55. The first-order valence-corrected chi connectivity index (χ1v) is 6.34. The number of nitrogens with zero attached hydrogens (tertiary/aromatic N) is 1. The van der Waals surface area contributed by atoms with E-state index in [9.17, 15) is 10.1 Å². The second kappa shape index (κ2) is 5.27. The molecule has 0 radical (unpaired) electrons. The van der Waals surface area contributed by atoms with E-state index in [0.29, 0.717) is 5.69 Å². The van der Waals surface area contributed by atoms with Crippen molar-refractivity contribution < 1.29 is 4.92 Å². The molecule has 98 valence electrons. The van der Waals surface area contributed by atoms with E-state index in [0.717, 1.165) is 15.7 Å². The highest BCUT2D eigenvalue weighted by Crippen LogP contribution is 2.33. The van der Waals surface area contributed by atoms with Gasteiger partial charge in [-0.15, -0.1) is 0 Å². The zero-order chi connectivity index (χ0) is 14.0. The molecule has 0 aliphatic rings. The van der Waals surface area contributed by atoms with Gasteiger partial charge in [0.25, 0.3) is 0 Å². The van der Waals surface area contributed by atoms with Gasteiger partial charge in [0.2, 0.25) is 0 Å². The molecule has 0 aliphatic carbocycles. The minimum Gasteiger partial charge on any atom is -0.393 e. The number of nitrogens with one attached hydrogen (secondary N) is 1. The Morgan fingerprint density at radius 3 is 2.68 bits per heavy atom. The predicted molar refractivity (Wildman–Crippen MR) is 79.7 cm³/mol. The van der Waals surface area contributed by atoms with Crippen molar-refractivity contribution in [1.29, 1.82) is 0 Å². The molecule has 6 heteroatoms. The van der Waals surface area contributed by atoms with Crippen LogP contribution in [0.3, 0.4) is 0 Å². The number of benzene rings is 2. The number of para-hydroxylation sites is 1. The van der Waals surface area contributed by atoms with Crippen molar-refractivity contribution in [2.45, 2.75) is 6.92 Å². The summed E-state index contributed by atoms with van der Waals surface area (Å²) in [6.45, 7) is 1.97. The van der Waals surface area contributed by atoms with Gasteiger partial charge in [0, 0.05) is 10.2 Å². The highest BCUT2D eigenvalue weighted by atomic mass is 79.9. The molecule has 0 aliphatic heterocycles. The Morgan fingerprint density at radius 2 is 2.05 bits per heavy atom. The number of hydrogen-bond donors (Lipinski definition) is 2.